The van der Waals surface area contributed by atoms with Gasteiger partial charge in [-0.25, -0.2) is 4.99 Å². The van der Waals surface area contributed by atoms with E-state index in [2.05, 4.69) is 17.1 Å². The molecule has 2 N–H and O–H groups in total. The van der Waals surface area contributed by atoms with Crippen LogP contribution in [0.5, 0.6) is 5.75 Å². The average Bonchev–Trinajstić information content (AvgIpc) is 2.68. The summed E-state index contributed by atoms with van der Waals surface area (Å²) in [6.45, 7) is 0. The van der Waals surface area contributed by atoms with Crippen molar-refractivity contribution < 1.29 is 4.74 Å². The van der Waals surface area contributed by atoms with Crippen molar-refractivity contribution in [1.82, 2.24) is 0 Å². The lowest BCUT2D eigenvalue weighted by atomic mass is 10.0. The number of hydrogen-bond acceptors (Lipinski definition) is 3. The first-order valence-corrected chi connectivity index (χ1v) is 9.37. The van der Waals surface area contributed by atoms with Gasteiger partial charge in [0.05, 0.1) is 18.0 Å². The fraction of sp³-hybridized carbons (Fsp3) is 0.0952. The lowest BCUT2D eigenvalue weighted by Crippen LogP contribution is -2.10. The van der Waals surface area contributed by atoms with E-state index in [1.165, 1.54) is 11.8 Å². The van der Waals surface area contributed by atoms with Crippen LogP contribution in [0.4, 0.5) is 5.69 Å². The molecule has 0 saturated carbocycles. The summed E-state index contributed by atoms with van der Waals surface area (Å²) in [5.41, 5.74) is 9.31. The molecule has 1 atom stereocenters. The van der Waals surface area contributed by atoms with Gasteiger partial charge in [-0.05, 0) is 47.5 Å². The number of methoxy groups -OCH3 is 1. The SMILES string of the molecule is COc1ccc(N=C(N)S[C@@H](c2ccccc2)c2ccc(Cl)cc2)cc1. The van der Waals surface area contributed by atoms with Gasteiger partial charge in [0.2, 0.25) is 0 Å². The van der Waals surface area contributed by atoms with E-state index >= 15 is 0 Å². The maximum Gasteiger partial charge on any atom is 0.160 e. The molecule has 5 heteroatoms. The minimum Gasteiger partial charge on any atom is -0.497 e. The Morgan fingerprint density at radius 2 is 1.54 bits per heavy atom. The van der Waals surface area contributed by atoms with Crippen molar-refractivity contribution in [2.45, 2.75) is 5.25 Å². The Morgan fingerprint density at radius 3 is 2.15 bits per heavy atom. The van der Waals surface area contributed by atoms with Gasteiger partial charge in [-0.15, -0.1) is 0 Å². The first-order valence-electron chi connectivity index (χ1n) is 8.11. The number of halogens is 1. The van der Waals surface area contributed by atoms with Gasteiger partial charge in [0.1, 0.15) is 5.75 Å². The number of amidine groups is 1. The first kappa shape index (κ1) is 18.4. The quantitative estimate of drug-likeness (QED) is 0.447. The fourth-order valence-electron chi connectivity index (χ4n) is 2.53. The molecule has 3 nitrogen and oxygen atoms in total. The van der Waals surface area contributed by atoms with E-state index in [0.29, 0.717) is 10.2 Å². The highest BCUT2D eigenvalue weighted by molar-refractivity contribution is 8.14. The highest BCUT2D eigenvalue weighted by Crippen LogP contribution is 2.36. The van der Waals surface area contributed by atoms with E-state index in [1.54, 1.807) is 7.11 Å². The van der Waals surface area contributed by atoms with Crippen molar-refractivity contribution in [3.8, 4) is 5.75 Å². The van der Waals surface area contributed by atoms with Gasteiger partial charge in [0.15, 0.2) is 5.17 Å². The number of thioether (sulfide) groups is 1. The Hall–Kier alpha value is -2.43. The van der Waals surface area contributed by atoms with E-state index in [0.717, 1.165) is 22.6 Å². The summed E-state index contributed by atoms with van der Waals surface area (Å²) in [6.07, 6.45) is 0. The molecule has 3 rings (SSSR count). The molecule has 0 aromatic heterocycles. The summed E-state index contributed by atoms with van der Waals surface area (Å²) in [5.74, 6) is 0.790. The van der Waals surface area contributed by atoms with Crippen LogP contribution in [0, 0.1) is 0 Å². The molecular formula is C21H19ClN2OS. The van der Waals surface area contributed by atoms with Crippen LogP contribution in [0.3, 0.4) is 0 Å². The number of rotatable bonds is 5. The van der Waals surface area contributed by atoms with E-state index < -0.39 is 0 Å². The third-order valence-corrected chi connectivity index (χ3v) is 5.19. The summed E-state index contributed by atoms with van der Waals surface area (Å²) >= 11 is 7.55. The average molecular weight is 383 g/mol. The molecule has 26 heavy (non-hydrogen) atoms. The molecule has 0 unspecified atom stereocenters. The van der Waals surface area contributed by atoms with E-state index in [-0.39, 0.29) is 5.25 Å². The van der Waals surface area contributed by atoms with E-state index in [1.807, 2.05) is 66.7 Å². The van der Waals surface area contributed by atoms with Crippen molar-refractivity contribution in [3.05, 3.63) is 95.0 Å². The van der Waals surface area contributed by atoms with Crippen LogP contribution in [-0.2, 0) is 0 Å². The van der Waals surface area contributed by atoms with Crippen LogP contribution in [0.2, 0.25) is 5.02 Å². The Balaban J connectivity index is 1.87. The van der Waals surface area contributed by atoms with E-state index in [9.17, 15) is 0 Å². The molecule has 0 bridgehead atoms. The molecule has 0 aliphatic heterocycles. The largest absolute Gasteiger partial charge is 0.497 e. The standard InChI is InChI=1S/C21H19ClN2OS/c1-25-19-13-11-18(12-14-19)24-21(23)26-20(15-5-3-2-4-6-15)16-7-9-17(22)10-8-16/h2-14,20H,1H3,(H2,23,24)/t20-/m0/s1. The first-order chi connectivity index (χ1) is 12.7. The van der Waals surface area contributed by atoms with Crippen LogP contribution in [0.1, 0.15) is 16.4 Å². The molecule has 0 heterocycles. The fourth-order valence-corrected chi connectivity index (χ4v) is 3.64. The summed E-state index contributed by atoms with van der Waals surface area (Å²) in [7, 11) is 1.64. The van der Waals surface area contributed by atoms with Gasteiger partial charge in [0.25, 0.3) is 0 Å². The lowest BCUT2D eigenvalue weighted by Gasteiger charge is -2.17. The number of aliphatic imine (C=N–C) groups is 1. The highest BCUT2D eigenvalue weighted by Gasteiger charge is 2.16. The maximum atomic E-state index is 6.24. The highest BCUT2D eigenvalue weighted by atomic mass is 35.5. The van der Waals surface area contributed by atoms with Crippen LogP contribution in [0.15, 0.2) is 83.9 Å². The minimum atomic E-state index is 0.0375. The molecule has 0 amide bonds. The molecule has 0 radical (unpaired) electrons. The molecule has 0 aliphatic carbocycles. The van der Waals surface area contributed by atoms with Crippen LogP contribution in [0.25, 0.3) is 0 Å². The minimum absolute atomic E-state index is 0.0375. The van der Waals surface area contributed by atoms with Crippen LogP contribution >= 0.6 is 23.4 Å². The Morgan fingerprint density at radius 1 is 0.923 bits per heavy atom. The Labute approximate surface area is 162 Å². The number of nitrogens with two attached hydrogens (primary N) is 1. The van der Waals surface area contributed by atoms with Gasteiger partial charge >= 0.3 is 0 Å². The normalized spacial score (nSPS) is 12.6. The summed E-state index contributed by atoms with van der Waals surface area (Å²) in [5, 5.41) is 1.25. The summed E-state index contributed by atoms with van der Waals surface area (Å²) < 4.78 is 5.17. The Bertz CT molecular complexity index is 865. The lowest BCUT2D eigenvalue weighted by molar-refractivity contribution is 0.415. The topological polar surface area (TPSA) is 47.6 Å². The molecule has 3 aromatic rings. The van der Waals surface area contributed by atoms with Gasteiger partial charge in [-0.2, -0.15) is 0 Å². The van der Waals surface area contributed by atoms with Gasteiger partial charge in [-0.3, -0.25) is 0 Å². The number of ether oxygens (including phenoxy) is 1. The monoisotopic (exact) mass is 382 g/mol. The van der Waals surface area contributed by atoms with Crippen LogP contribution < -0.4 is 10.5 Å². The van der Waals surface area contributed by atoms with Crippen molar-refractivity contribution >= 4 is 34.2 Å². The molecule has 132 valence electrons. The van der Waals surface area contributed by atoms with Crippen LogP contribution in [-0.4, -0.2) is 12.3 Å². The molecule has 0 spiro atoms. The number of benzene rings is 3. The zero-order chi connectivity index (χ0) is 18.4. The summed E-state index contributed by atoms with van der Waals surface area (Å²) in [4.78, 5) is 4.52. The van der Waals surface area contributed by atoms with Gasteiger partial charge < -0.3 is 10.5 Å². The third kappa shape index (κ3) is 4.81. The molecular weight excluding hydrogens is 364 g/mol. The number of hydrogen-bond donors (Lipinski definition) is 1. The van der Waals surface area contributed by atoms with Crippen molar-refractivity contribution in [1.29, 1.82) is 0 Å². The maximum absolute atomic E-state index is 6.24. The zero-order valence-corrected chi connectivity index (χ0v) is 15.9. The second-order valence-electron chi connectivity index (χ2n) is 5.61. The molecule has 0 fully saturated rings. The smallest absolute Gasteiger partial charge is 0.160 e. The zero-order valence-electron chi connectivity index (χ0n) is 14.3. The molecule has 0 saturated heterocycles. The van der Waals surface area contributed by atoms with E-state index in [4.69, 9.17) is 22.1 Å². The Kier molecular flexibility index (Phi) is 6.21. The second-order valence-corrected chi connectivity index (χ2v) is 7.17. The number of nitrogens with zero attached hydrogens (tertiary/aromatic N) is 1. The van der Waals surface area contributed by atoms with Crippen molar-refractivity contribution in [3.63, 3.8) is 0 Å². The van der Waals surface area contributed by atoms with Gasteiger partial charge in [0, 0.05) is 5.02 Å². The molecule has 3 aromatic carbocycles. The summed E-state index contributed by atoms with van der Waals surface area (Å²) in [6, 6.07) is 25.6. The predicted molar refractivity (Wildman–Crippen MR) is 112 cm³/mol. The second kappa shape index (κ2) is 8.79. The van der Waals surface area contributed by atoms with Gasteiger partial charge in [-0.1, -0.05) is 65.8 Å². The predicted octanol–water partition coefficient (Wildman–Crippen LogP) is 5.82. The molecule has 0 aliphatic rings. The third-order valence-electron chi connectivity index (χ3n) is 3.83. The van der Waals surface area contributed by atoms with Crippen molar-refractivity contribution in [2.75, 3.05) is 7.11 Å². The van der Waals surface area contributed by atoms with Crippen molar-refractivity contribution in [2.24, 2.45) is 10.7 Å².